The molecule has 146 valence electrons. The number of nitrogens with zero attached hydrogens (tertiary/aromatic N) is 4. The summed E-state index contributed by atoms with van der Waals surface area (Å²) in [5.74, 6) is -0.449. The molecule has 7 heteroatoms. The summed E-state index contributed by atoms with van der Waals surface area (Å²) in [4.78, 5) is 31.9. The molecule has 3 aromatic heterocycles. The van der Waals surface area contributed by atoms with Crippen LogP contribution in [0.15, 0.2) is 59.7 Å². The largest absolute Gasteiger partial charge is 0.336 e. The second-order valence-corrected chi connectivity index (χ2v) is 7.28. The van der Waals surface area contributed by atoms with Crippen LogP contribution in [0.5, 0.6) is 0 Å². The lowest BCUT2D eigenvalue weighted by atomic mass is 10.1. The third-order valence-electron chi connectivity index (χ3n) is 5.58. The summed E-state index contributed by atoms with van der Waals surface area (Å²) in [6.45, 7) is 1.32. The van der Waals surface area contributed by atoms with Crippen molar-refractivity contribution >= 4 is 22.5 Å². The van der Waals surface area contributed by atoms with Crippen LogP contribution in [0, 0.1) is 5.82 Å². The van der Waals surface area contributed by atoms with E-state index in [0.717, 1.165) is 17.6 Å². The average molecular weight is 390 g/mol. The van der Waals surface area contributed by atoms with E-state index in [-0.39, 0.29) is 24.4 Å². The Morgan fingerprint density at radius 3 is 2.90 bits per heavy atom. The first-order chi connectivity index (χ1) is 14.1. The van der Waals surface area contributed by atoms with Gasteiger partial charge >= 0.3 is 0 Å². The molecule has 0 saturated heterocycles. The number of aryl methyl sites for hydroxylation is 1. The number of amides is 1. The molecule has 0 fully saturated rings. The first-order valence-corrected chi connectivity index (χ1v) is 9.61. The van der Waals surface area contributed by atoms with Gasteiger partial charge in [-0.3, -0.25) is 14.6 Å². The zero-order valence-corrected chi connectivity index (χ0v) is 15.7. The molecular formula is C22H19FN4O2. The van der Waals surface area contributed by atoms with Gasteiger partial charge in [-0.2, -0.15) is 0 Å². The summed E-state index contributed by atoms with van der Waals surface area (Å²) in [6.07, 6.45) is 4.47. The first kappa shape index (κ1) is 17.6. The van der Waals surface area contributed by atoms with Gasteiger partial charge in [0.15, 0.2) is 0 Å². The van der Waals surface area contributed by atoms with Gasteiger partial charge in [0.2, 0.25) is 5.91 Å². The molecule has 6 nitrogen and oxygen atoms in total. The van der Waals surface area contributed by atoms with Crippen molar-refractivity contribution in [1.29, 1.82) is 0 Å². The molecule has 0 atom stereocenters. The molecule has 5 rings (SSSR count). The monoisotopic (exact) mass is 390 g/mol. The van der Waals surface area contributed by atoms with Gasteiger partial charge in [-0.1, -0.05) is 6.07 Å². The third-order valence-corrected chi connectivity index (χ3v) is 5.58. The third kappa shape index (κ3) is 2.99. The SMILES string of the molecule is O=C(CCn1c(=O)c2cccn2c2ccc(F)cc21)N1CCc2cccnc2C1. The summed E-state index contributed by atoms with van der Waals surface area (Å²) in [5.41, 5.74) is 3.59. The lowest BCUT2D eigenvalue weighted by Crippen LogP contribution is -2.37. The van der Waals surface area contributed by atoms with Crippen molar-refractivity contribution in [3.05, 3.63) is 82.3 Å². The first-order valence-electron chi connectivity index (χ1n) is 9.61. The van der Waals surface area contributed by atoms with Gasteiger partial charge in [-0.25, -0.2) is 4.39 Å². The highest BCUT2D eigenvalue weighted by molar-refractivity contribution is 5.80. The molecule has 0 unspecified atom stereocenters. The van der Waals surface area contributed by atoms with Crippen LogP contribution in [0.3, 0.4) is 0 Å². The van der Waals surface area contributed by atoms with E-state index in [2.05, 4.69) is 4.98 Å². The average Bonchev–Trinajstić information content (AvgIpc) is 3.23. The molecule has 0 N–H and O–H groups in total. The van der Waals surface area contributed by atoms with Crippen molar-refractivity contribution in [2.75, 3.05) is 6.54 Å². The lowest BCUT2D eigenvalue weighted by Gasteiger charge is -2.28. The quantitative estimate of drug-likeness (QED) is 0.541. The number of fused-ring (bicyclic) bond motifs is 4. The van der Waals surface area contributed by atoms with Crippen molar-refractivity contribution in [3.8, 4) is 0 Å². The zero-order valence-electron chi connectivity index (χ0n) is 15.7. The highest BCUT2D eigenvalue weighted by atomic mass is 19.1. The molecule has 0 bridgehead atoms. The van der Waals surface area contributed by atoms with Crippen LogP contribution in [-0.4, -0.2) is 31.3 Å². The smallest absolute Gasteiger partial charge is 0.275 e. The molecule has 29 heavy (non-hydrogen) atoms. The number of aromatic nitrogens is 3. The number of halogens is 1. The number of benzene rings is 1. The number of carbonyl (C=O) groups is 1. The normalized spacial score (nSPS) is 13.8. The van der Waals surface area contributed by atoms with Gasteiger partial charge in [0.05, 0.1) is 23.3 Å². The zero-order chi connectivity index (χ0) is 20.0. The van der Waals surface area contributed by atoms with Crippen LogP contribution in [0.25, 0.3) is 16.6 Å². The predicted octanol–water partition coefficient (Wildman–Crippen LogP) is 2.76. The van der Waals surface area contributed by atoms with Gasteiger partial charge in [-0.15, -0.1) is 0 Å². The number of rotatable bonds is 3. The molecule has 1 aliphatic heterocycles. The van der Waals surface area contributed by atoms with Crippen molar-refractivity contribution in [2.24, 2.45) is 0 Å². The van der Waals surface area contributed by atoms with Gasteiger partial charge in [0.1, 0.15) is 11.3 Å². The van der Waals surface area contributed by atoms with Crippen molar-refractivity contribution in [1.82, 2.24) is 18.9 Å². The van der Waals surface area contributed by atoms with E-state index in [9.17, 15) is 14.0 Å². The number of carbonyl (C=O) groups excluding carboxylic acids is 1. The van der Waals surface area contributed by atoms with Crippen LogP contribution in [0.1, 0.15) is 17.7 Å². The Kier molecular flexibility index (Phi) is 4.16. The van der Waals surface area contributed by atoms with Crippen LogP contribution in [-0.2, 0) is 24.3 Å². The van der Waals surface area contributed by atoms with Crippen molar-refractivity contribution < 1.29 is 9.18 Å². The minimum absolute atomic E-state index is 0.0342. The fraction of sp³-hybridized carbons (Fsp3) is 0.227. The maximum atomic E-state index is 13.9. The second kappa shape index (κ2) is 6.84. The van der Waals surface area contributed by atoms with Gasteiger partial charge in [0, 0.05) is 31.9 Å². The van der Waals surface area contributed by atoms with E-state index in [0.29, 0.717) is 24.1 Å². The van der Waals surface area contributed by atoms with Crippen LogP contribution < -0.4 is 5.56 Å². The highest BCUT2D eigenvalue weighted by Crippen LogP contribution is 2.19. The molecule has 0 aliphatic carbocycles. The minimum Gasteiger partial charge on any atom is -0.336 e. The Labute approximate surface area is 165 Å². The Morgan fingerprint density at radius 2 is 2.00 bits per heavy atom. The number of hydrogen-bond acceptors (Lipinski definition) is 3. The fourth-order valence-electron chi connectivity index (χ4n) is 4.09. The van der Waals surface area contributed by atoms with Gasteiger partial charge < -0.3 is 13.9 Å². The van der Waals surface area contributed by atoms with E-state index in [1.165, 1.54) is 22.3 Å². The van der Waals surface area contributed by atoms with E-state index in [4.69, 9.17) is 0 Å². The molecule has 0 spiro atoms. The van der Waals surface area contributed by atoms with Crippen LogP contribution >= 0.6 is 0 Å². The Balaban J connectivity index is 1.44. The van der Waals surface area contributed by atoms with Crippen LogP contribution in [0.4, 0.5) is 4.39 Å². The summed E-state index contributed by atoms with van der Waals surface area (Å²) in [6, 6.07) is 11.8. The minimum atomic E-state index is -0.415. The molecule has 1 aromatic carbocycles. The molecule has 4 heterocycles. The lowest BCUT2D eigenvalue weighted by molar-refractivity contribution is -0.132. The van der Waals surface area contributed by atoms with Crippen LogP contribution in [0.2, 0.25) is 0 Å². The predicted molar refractivity (Wildman–Crippen MR) is 107 cm³/mol. The maximum Gasteiger partial charge on any atom is 0.275 e. The van der Waals surface area contributed by atoms with E-state index in [1.54, 1.807) is 39.9 Å². The molecule has 4 aromatic rings. The number of pyridine rings is 1. The Hall–Kier alpha value is -3.48. The highest BCUT2D eigenvalue weighted by Gasteiger charge is 2.21. The summed E-state index contributed by atoms with van der Waals surface area (Å²) in [5, 5.41) is 0. The summed E-state index contributed by atoms with van der Waals surface area (Å²) in [7, 11) is 0. The van der Waals surface area contributed by atoms with E-state index < -0.39 is 5.82 Å². The van der Waals surface area contributed by atoms with Crippen molar-refractivity contribution in [3.63, 3.8) is 0 Å². The molecule has 0 saturated carbocycles. The van der Waals surface area contributed by atoms with Gasteiger partial charge in [0.25, 0.3) is 5.56 Å². The standard InChI is InChI=1S/C22H19FN4O2/c23-16-5-6-18-20(13-16)27(22(29)19-4-2-10-26(18)19)12-8-21(28)25-11-7-15-3-1-9-24-17(15)14-25/h1-6,9-10,13H,7-8,11-12,14H2. The molecular weight excluding hydrogens is 371 g/mol. The number of hydrogen-bond donors (Lipinski definition) is 0. The molecule has 1 aliphatic rings. The second-order valence-electron chi connectivity index (χ2n) is 7.28. The summed E-state index contributed by atoms with van der Waals surface area (Å²) < 4.78 is 17.2. The molecule has 0 radical (unpaired) electrons. The Bertz CT molecular complexity index is 1310. The topological polar surface area (TPSA) is 59.6 Å². The summed E-state index contributed by atoms with van der Waals surface area (Å²) >= 11 is 0. The van der Waals surface area contributed by atoms with E-state index >= 15 is 0 Å². The maximum absolute atomic E-state index is 13.9. The fourth-order valence-corrected chi connectivity index (χ4v) is 4.09. The van der Waals surface area contributed by atoms with Crippen molar-refractivity contribution in [2.45, 2.75) is 25.9 Å². The Morgan fingerprint density at radius 1 is 1.10 bits per heavy atom. The van der Waals surface area contributed by atoms with E-state index in [1.807, 2.05) is 12.1 Å². The molecule has 1 amide bonds. The van der Waals surface area contributed by atoms with Gasteiger partial charge in [-0.05, 0) is 48.4 Å².